The largest absolute Gasteiger partial charge is 0.377 e. The number of ether oxygens (including phenoxy) is 2. The third kappa shape index (κ3) is 5.67. The lowest BCUT2D eigenvalue weighted by Crippen LogP contribution is -2.51. The maximum absolute atomic E-state index is 12.9. The van der Waals surface area contributed by atoms with E-state index in [4.69, 9.17) is 19.2 Å². The van der Waals surface area contributed by atoms with Crippen LogP contribution in [0.25, 0.3) is 11.1 Å². The first kappa shape index (κ1) is 23.3. The number of carbonyl (C=O) groups excluding carboxylic acids is 2. The van der Waals surface area contributed by atoms with E-state index in [0.29, 0.717) is 11.5 Å². The number of hydrogen-bond donors (Lipinski definition) is 2. The predicted molar refractivity (Wildman–Crippen MR) is 116 cm³/mol. The number of nitrogens with one attached hydrogen (secondary N) is 1. The summed E-state index contributed by atoms with van der Waals surface area (Å²) in [5.41, 5.74) is 3.16. The second-order valence-electron chi connectivity index (χ2n) is 7.47. The molecule has 0 saturated carbocycles. The van der Waals surface area contributed by atoms with Gasteiger partial charge >= 0.3 is 0 Å². The van der Waals surface area contributed by atoms with Crippen LogP contribution < -0.4 is 5.48 Å². The van der Waals surface area contributed by atoms with E-state index < -0.39 is 17.3 Å². The molecule has 1 amide bonds. The Kier molecular flexibility index (Phi) is 7.88. The highest BCUT2D eigenvalue weighted by Crippen LogP contribution is 2.22. The molecule has 32 heavy (non-hydrogen) atoms. The number of rotatable bonds is 11. The lowest BCUT2D eigenvalue weighted by molar-refractivity contribution is -0.164. The summed E-state index contributed by atoms with van der Waals surface area (Å²) in [6.07, 6.45) is 0.241. The first-order valence-electron chi connectivity index (χ1n) is 10.2. The molecule has 0 fully saturated rings. The smallest absolute Gasteiger partial charge is 0.283 e. The zero-order chi connectivity index (χ0) is 23.0. The number of aryl methyl sites for hydroxylation is 1. The molecule has 0 aliphatic rings. The zero-order valence-electron chi connectivity index (χ0n) is 18.0. The Morgan fingerprint density at radius 1 is 1.06 bits per heavy atom. The standard InChI is InChI=1S/C24H26N2O6/c1-24(23(28)25-29,22(27)13-12-20-14-21(16-30-2)32-26-20)31-15-17-8-10-19(11-9-17)18-6-4-3-5-7-18/h3-11,14,29H,12-13,15-16H2,1-2H3,(H,25,28). The van der Waals surface area contributed by atoms with Crippen LogP contribution in [0, 0.1) is 0 Å². The molecule has 3 rings (SSSR count). The van der Waals surface area contributed by atoms with Crippen LogP contribution in [-0.4, -0.2) is 34.8 Å². The maximum Gasteiger partial charge on any atom is 0.283 e. The predicted octanol–water partition coefficient (Wildman–Crippen LogP) is 3.47. The van der Waals surface area contributed by atoms with E-state index in [2.05, 4.69) is 5.16 Å². The Morgan fingerprint density at radius 2 is 1.75 bits per heavy atom. The third-order valence-electron chi connectivity index (χ3n) is 5.16. The summed E-state index contributed by atoms with van der Waals surface area (Å²) in [6.45, 7) is 1.64. The van der Waals surface area contributed by atoms with E-state index in [1.807, 2.05) is 54.6 Å². The molecule has 1 unspecified atom stereocenters. The van der Waals surface area contributed by atoms with Crippen molar-refractivity contribution in [2.45, 2.75) is 38.6 Å². The van der Waals surface area contributed by atoms with Crippen molar-refractivity contribution in [3.8, 4) is 11.1 Å². The van der Waals surface area contributed by atoms with E-state index in [0.717, 1.165) is 16.7 Å². The summed E-state index contributed by atoms with van der Waals surface area (Å²) in [6, 6.07) is 19.2. The molecule has 2 aromatic carbocycles. The molecule has 1 heterocycles. The Morgan fingerprint density at radius 3 is 2.41 bits per heavy atom. The molecule has 0 spiro atoms. The number of ketones is 1. The highest BCUT2D eigenvalue weighted by molar-refractivity contribution is 6.08. The van der Waals surface area contributed by atoms with Crippen LogP contribution in [0.1, 0.15) is 30.4 Å². The van der Waals surface area contributed by atoms with Crippen molar-refractivity contribution in [2.75, 3.05) is 7.11 Å². The van der Waals surface area contributed by atoms with E-state index in [1.54, 1.807) is 6.07 Å². The fraction of sp³-hybridized carbons (Fsp3) is 0.292. The Balaban J connectivity index is 1.64. The van der Waals surface area contributed by atoms with Crippen molar-refractivity contribution in [3.63, 3.8) is 0 Å². The topological polar surface area (TPSA) is 111 Å². The summed E-state index contributed by atoms with van der Waals surface area (Å²) >= 11 is 0. The molecule has 1 atom stereocenters. The van der Waals surface area contributed by atoms with Crippen molar-refractivity contribution < 1.29 is 28.8 Å². The van der Waals surface area contributed by atoms with Gasteiger partial charge in [0.25, 0.3) is 5.91 Å². The average molecular weight is 438 g/mol. The van der Waals surface area contributed by atoms with Gasteiger partial charge in [-0.25, -0.2) is 5.48 Å². The molecule has 2 N–H and O–H groups in total. The fourth-order valence-electron chi connectivity index (χ4n) is 3.20. The molecule has 0 aliphatic carbocycles. The molecular formula is C24H26N2O6. The minimum Gasteiger partial charge on any atom is -0.377 e. The van der Waals surface area contributed by atoms with Crippen molar-refractivity contribution >= 4 is 11.7 Å². The summed E-state index contributed by atoms with van der Waals surface area (Å²) in [7, 11) is 1.54. The first-order chi connectivity index (χ1) is 15.5. The van der Waals surface area contributed by atoms with E-state index in [-0.39, 0.29) is 26.1 Å². The first-order valence-corrected chi connectivity index (χ1v) is 10.2. The second kappa shape index (κ2) is 10.8. The number of Topliss-reactive ketones (excluding diaryl/α,β-unsaturated/α-hetero) is 1. The van der Waals surface area contributed by atoms with Gasteiger partial charge in [-0.1, -0.05) is 59.8 Å². The summed E-state index contributed by atoms with van der Waals surface area (Å²) < 4.78 is 15.8. The number of aromatic nitrogens is 1. The van der Waals surface area contributed by atoms with Crippen LogP contribution in [0.15, 0.2) is 65.2 Å². The quantitative estimate of drug-likeness (QED) is 0.268. The number of hydroxylamine groups is 1. The highest BCUT2D eigenvalue weighted by Gasteiger charge is 2.41. The van der Waals surface area contributed by atoms with Crippen molar-refractivity contribution in [1.29, 1.82) is 0 Å². The molecule has 8 heteroatoms. The van der Waals surface area contributed by atoms with Gasteiger partial charge in [0.1, 0.15) is 6.61 Å². The van der Waals surface area contributed by atoms with Gasteiger partial charge in [0.05, 0.1) is 12.3 Å². The minimum atomic E-state index is -1.86. The fourth-order valence-corrected chi connectivity index (χ4v) is 3.20. The molecule has 8 nitrogen and oxygen atoms in total. The lowest BCUT2D eigenvalue weighted by atomic mass is 9.95. The van der Waals surface area contributed by atoms with Crippen molar-refractivity contribution in [3.05, 3.63) is 77.7 Å². The Hall–Kier alpha value is -3.33. The van der Waals surface area contributed by atoms with Gasteiger partial charge in [0.2, 0.25) is 5.60 Å². The molecular weight excluding hydrogens is 412 g/mol. The SMILES string of the molecule is COCc1cc(CCC(=O)C(C)(OCc2ccc(-c3ccccc3)cc2)C(=O)NO)no1. The number of methoxy groups -OCH3 is 1. The maximum atomic E-state index is 12.9. The Labute approximate surface area is 186 Å². The minimum absolute atomic E-state index is 0.0180. The average Bonchev–Trinajstić information content (AvgIpc) is 3.29. The van der Waals surface area contributed by atoms with Gasteiger partial charge in [-0.15, -0.1) is 0 Å². The van der Waals surface area contributed by atoms with Crippen LogP contribution in [0.5, 0.6) is 0 Å². The Bertz CT molecular complexity index is 1030. The number of amides is 1. The van der Waals surface area contributed by atoms with Crippen LogP contribution >= 0.6 is 0 Å². The molecule has 3 aromatic rings. The number of carbonyl (C=O) groups is 2. The summed E-state index contributed by atoms with van der Waals surface area (Å²) in [5, 5.41) is 13.0. The van der Waals surface area contributed by atoms with E-state index >= 15 is 0 Å². The van der Waals surface area contributed by atoms with E-state index in [1.165, 1.54) is 19.5 Å². The van der Waals surface area contributed by atoms with Crippen LogP contribution in [0.3, 0.4) is 0 Å². The molecule has 1 aromatic heterocycles. The highest BCUT2D eigenvalue weighted by atomic mass is 16.5. The van der Waals surface area contributed by atoms with Gasteiger partial charge in [0, 0.05) is 26.0 Å². The van der Waals surface area contributed by atoms with Gasteiger partial charge in [-0.2, -0.15) is 0 Å². The summed E-state index contributed by atoms with van der Waals surface area (Å²) in [4.78, 5) is 25.1. The van der Waals surface area contributed by atoms with Gasteiger partial charge in [0.15, 0.2) is 11.5 Å². The number of benzene rings is 2. The van der Waals surface area contributed by atoms with E-state index in [9.17, 15) is 9.59 Å². The normalized spacial score (nSPS) is 12.8. The molecule has 0 aliphatic heterocycles. The van der Waals surface area contributed by atoms with Gasteiger partial charge < -0.3 is 14.0 Å². The number of hydrogen-bond acceptors (Lipinski definition) is 7. The second-order valence-corrected chi connectivity index (χ2v) is 7.47. The third-order valence-corrected chi connectivity index (χ3v) is 5.16. The molecule has 0 saturated heterocycles. The molecule has 0 bridgehead atoms. The van der Waals surface area contributed by atoms with Crippen LogP contribution in [-0.2, 0) is 38.7 Å². The van der Waals surface area contributed by atoms with Gasteiger partial charge in [-0.05, 0) is 23.6 Å². The van der Waals surface area contributed by atoms with Crippen molar-refractivity contribution in [1.82, 2.24) is 10.6 Å². The molecule has 0 radical (unpaired) electrons. The van der Waals surface area contributed by atoms with Gasteiger partial charge in [-0.3, -0.25) is 14.8 Å². The zero-order valence-corrected chi connectivity index (χ0v) is 18.0. The summed E-state index contributed by atoms with van der Waals surface area (Å²) in [5.74, 6) is -0.870. The molecule has 168 valence electrons. The lowest BCUT2D eigenvalue weighted by Gasteiger charge is -2.26. The number of nitrogens with zero attached hydrogens (tertiary/aromatic N) is 1. The monoisotopic (exact) mass is 438 g/mol. The van der Waals surface area contributed by atoms with Crippen LogP contribution in [0.2, 0.25) is 0 Å². The van der Waals surface area contributed by atoms with Crippen molar-refractivity contribution in [2.24, 2.45) is 0 Å². The van der Waals surface area contributed by atoms with Crippen LogP contribution in [0.4, 0.5) is 0 Å².